The fourth-order valence-electron chi connectivity index (χ4n) is 11.0. The Balaban J connectivity index is 1.07. The minimum atomic E-state index is -0.290. The largest absolute Gasteiger partial charge is 0.331 e. The van der Waals surface area contributed by atoms with Crippen molar-refractivity contribution in [2.45, 2.75) is 37.6 Å². The highest BCUT2D eigenvalue weighted by Gasteiger charge is 2.35. The van der Waals surface area contributed by atoms with Gasteiger partial charge >= 0.3 is 0 Å². The van der Waals surface area contributed by atoms with Gasteiger partial charge in [-0.25, -0.2) is 8.78 Å². The summed E-state index contributed by atoms with van der Waals surface area (Å²) in [5, 5.41) is 5.54. The van der Waals surface area contributed by atoms with Crippen molar-refractivity contribution >= 4 is 50.3 Å². The molecule has 2 nitrogen and oxygen atoms in total. The first-order valence-electron chi connectivity index (χ1n) is 23.7. The molecule has 0 amide bonds. The summed E-state index contributed by atoms with van der Waals surface area (Å²) >= 11 is 0. The van der Waals surface area contributed by atoms with Crippen LogP contribution in [0.25, 0.3) is 55.4 Å². The van der Waals surface area contributed by atoms with E-state index in [1.54, 1.807) is 6.07 Å². The molecule has 0 saturated heterocycles. The average Bonchev–Trinajstić information content (AvgIpc) is 3.41. The first kappa shape index (κ1) is 41.4. The van der Waals surface area contributed by atoms with E-state index < -0.39 is 0 Å². The second-order valence-corrected chi connectivity index (χ2v) is 18.1. The van der Waals surface area contributed by atoms with Gasteiger partial charge in [0.15, 0.2) is 0 Å². The van der Waals surface area contributed by atoms with Crippen LogP contribution in [0.3, 0.4) is 0 Å². The summed E-state index contributed by atoms with van der Waals surface area (Å²) in [5.41, 5.74) is 11.8. The third-order valence-corrected chi connectivity index (χ3v) is 14.1. The minimum Gasteiger partial charge on any atom is -0.331 e. The van der Waals surface area contributed by atoms with E-state index in [0.717, 1.165) is 101 Å². The van der Waals surface area contributed by atoms with Gasteiger partial charge in [-0.05, 0) is 128 Å². The lowest BCUT2D eigenvalue weighted by atomic mass is 9.81. The molecule has 3 aliphatic rings. The van der Waals surface area contributed by atoms with Gasteiger partial charge in [-0.15, -0.1) is 0 Å². The third-order valence-electron chi connectivity index (χ3n) is 14.1. The normalized spacial score (nSPS) is 16.6. The zero-order valence-corrected chi connectivity index (χ0v) is 37.6. The summed E-state index contributed by atoms with van der Waals surface area (Å²) < 4.78 is 35.3. The topological polar surface area (TPSA) is 6.48 Å². The van der Waals surface area contributed by atoms with Gasteiger partial charge in [0.05, 0.1) is 23.1 Å². The van der Waals surface area contributed by atoms with Crippen molar-refractivity contribution in [1.82, 2.24) is 0 Å². The molecule has 12 rings (SSSR count). The first-order valence-corrected chi connectivity index (χ1v) is 23.7. The average molecular weight is 883 g/mol. The SMILES string of the molecule is FC1=CC(c2ccccc2)CC(c2ccccc2)=C1N(c1ccccc1)C1CC=c2ccc3c(N(C4=CC=CCC4)c4c(F)cc(-c5ccccc5)cc4-c4ccccc4)ccc4ccc1c2c43. The van der Waals surface area contributed by atoms with E-state index in [1.807, 2.05) is 109 Å². The molecule has 0 radical (unpaired) electrons. The second kappa shape index (κ2) is 17.6. The highest BCUT2D eigenvalue weighted by atomic mass is 19.1. The van der Waals surface area contributed by atoms with Gasteiger partial charge in [-0.1, -0.05) is 188 Å². The van der Waals surface area contributed by atoms with Crippen LogP contribution in [0.5, 0.6) is 0 Å². The second-order valence-electron chi connectivity index (χ2n) is 18.1. The molecule has 0 spiro atoms. The Morgan fingerprint density at radius 3 is 1.94 bits per heavy atom. The zero-order chi connectivity index (χ0) is 45.6. The smallest absolute Gasteiger partial charge is 0.148 e. The molecular formula is C64H48F2N2. The number of rotatable bonds is 10. The summed E-state index contributed by atoms with van der Waals surface area (Å²) in [6.45, 7) is 0. The van der Waals surface area contributed by atoms with Gasteiger partial charge in [0, 0.05) is 28.3 Å². The van der Waals surface area contributed by atoms with Gasteiger partial charge in [0.2, 0.25) is 0 Å². The monoisotopic (exact) mass is 882 g/mol. The molecule has 3 aliphatic carbocycles. The standard InChI is InChI=1S/C64H48F2N2/c65-57-41-49(43-19-7-1-8-20-43)39-55(45-23-11-3-12-24-45)63(57)67(51-27-15-5-16-28-51)59-37-33-47-32-36-54-60(38-34-48-31-35-53(59)61(47)62(48)54)68(52-29-17-6-18-30-52)64-56(46-25-13-4-14-26-46)40-50(42-58(64)66)44-21-9-2-10-22-44/h1-17,19-29,31-36,38,40-42,49,59H,18,30,37,39H2. The van der Waals surface area contributed by atoms with Gasteiger partial charge in [0.1, 0.15) is 11.6 Å². The Morgan fingerprint density at radius 2 is 1.24 bits per heavy atom. The predicted octanol–water partition coefficient (Wildman–Crippen LogP) is 16.7. The van der Waals surface area contributed by atoms with Crippen molar-refractivity contribution in [2.75, 3.05) is 9.80 Å². The zero-order valence-electron chi connectivity index (χ0n) is 37.6. The van der Waals surface area contributed by atoms with Crippen LogP contribution in [0.4, 0.5) is 25.8 Å². The van der Waals surface area contributed by atoms with E-state index in [4.69, 9.17) is 0 Å². The molecule has 0 bridgehead atoms. The third kappa shape index (κ3) is 7.34. The molecule has 328 valence electrons. The Bertz CT molecular complexity index is 3520. The number of benzene rings is 9. The summed E-state index contributed by atoms with van der Waals surface area (Å²) in [7, 11) is 0. The maximum Gasteiger partial charge on any atom is 0.148 e. The van der Waals surface area contributed by atoms with Crippen molar-refractivity contribution in [3.8, 4) is 22.3 Å². The maximum atomic E-state index is 17.7. The molecule has 0 N–H and O–H groups in total. The molecule has 0 saturated carbocycles. The molecular weight excluding hydrogens is 835 g/mol. The summed E-state index contributed by atoms with van der Waals surface area (Å²) in [5.74, 6) is -0.625. The van der Waals surface area contributed by atoms with Crippen LogP contribution in [0.2, 0.25) is 0 Å². The van der Waals surface area contributed by atoms with E-state index in [1.165, 1.54) is 0 Å². The van der Waals surface area contributed by atoms with Crippen LogP contribution in [0.15, 0.2) is 242 Å². The van der Waals surface area contributed by atoms with Crippen LogP contribution >= 0.6 is 0 Å². The molecule has 9 aromatic carbocycles. The number of allylic oxidation sites excluding steroid dienone is 7. The van der Waals surface area contributed by atoms with Crippen molar-refractivity contribution in [3.05, 3.63) is 269 Å². The maximum absolute atomic E-state index is 17.7. The molecule has 2 atom stereocenters. The van der Waals surface area contributed by atoms with E-state index in [2.05, 4.69) is 125 Å². The fourth-order valence-corrected chi connectivity index (χ4v) is 11.0. The van der Waals surface area contributed by atoms with Crippen molar-refractivity contribution in [3.63, 3.8) is 0 Å². The van der Waals surface area contributed by atoms with Gasteiger partial charge in [0.25, 0.3) is 0 Å². The number of hydrogen-bond donors (Lipinski definition) is 0. The molecule has 68 heavy (non-hydrogen) atoms. The van der Waals surface area contributed by atoms with Crippen molar-refractivity contribution in [1.29, 1.82) is 0 Å². The Kier molecular flexibility index (Phi) is 10.7. The summed E-state index contributed by atoms with van der Waals surface area (Å²) in [6, 6.07) is 68.1. The molecule has 0 aromatic heterocycles. The molecule has 4 heteroatoms. The Labute approximate surface area is 396 Å². The van der Waals surface area contributed by atoms with Crippen LogP contribution in [-0.2, 0) is 0 Å². The number of anilines is 3. The fraction of sp³-hybridized carbons (Fsp3) is 0.0938. The minimum absolute atomic E-state index is 0.113. The molecule has 0 heterocycles. The van der Waals surface area contributed by atoms with Crippen molar-refractivity contribution < 1.29 is 8.78 Å². The predicted molar refractivity (Wildman–Crippen MR) is 280 cm³/mol. The summed E-state index contributed by atoms with van der Waals surface area (Å²) in [4.78, 5) is 4.45. The van der Waals surface area contributed by atoms with Crippen molar-refractivity contribution in [2.24, 2.45) is 0 Å². The summed E-state index contributed by atoms with van der Waals surface area (Å²) in [6.07, 6.45) is 13.5. The Hall–Kier alpha value is -8.08. The number of halogens is 2. The highest BCUT2D eigenvalue weighted by molar-refractivity contribution is 6.17. The lowest BCUT2D eigenvalue weighted by Gasteiger charge is -2.40. The van der Waals surface area contributed by atoms with E-state index in [0.29, 0.717) is 24.2 Å². The Morgan fingerprint density at radius 1 is 0.574 bits per heavy atom. The quantitative estimate of drug-likeness (QED) is 0.135. The van der Waals surface area contributed by atoms with E-state index >= 15 is 8.78 Å². The molecule has 0 fully saturated rings. The van der Waals surface area contributed by atoms with E-state index in [-0.39, 0.29) is 23.6 Å². The van der Waals surface area contributed by atoms with Crippen LogP contribution in [0, 0.1) is 5.82 Å². The number of para-hydroxylation sites is 1. The highest BCUT2D eigenvalue weighted by Crippen LogP contribution is 2.50. The lowest BCUT2D eigenvalue weighted by molar-refractivity contribution is 0.591. The lowest BCUT2D eigenvalue weighted by Crippen LogP contribution is -2.33. The van der Waals surface area contributed by atoms with Gasteiger partial charge in [-0.3, -0.25) is 0 Å². The number of hydrogen-bond acceptors (Lipinski definition) is 2. The van der Waals surface area contributed by atoms with Crippen LogP contribution < -0.4 is 15.0 Å². The number of nitrogens with zero attached hydrogens (tertiary/aromatic N) is 2. The molecule has 9 aromatic rings. The molecule has 0 aliphatic heterocycles. The van der Waals surface area contributed by atoms with Crippen LogP contribution in [-0.4, -0.2) is 0 Å². The van der Waals surface area contributed by atoms with E-state index in [9.17, 15) is 0 Å². The van der Waals surface area contributed by atoms with Gasteiger partial charge < -0.3 is 9.80 Å². The first-order chi connectivity index (χ1) is 33.6. The van der Waals surface area contributed by atoms with Crippen LogP contribution in [0.1, 0.15) is 54.3 Å². The van der Waals surface area contributed by atoms with Gasteiger partial charge in [-0.2, -0.15) is 0 Å². The molecule has 2 unspecified atom stereocenters.